The Labute approximate surface area is 169 Å². The number of thiophene rings is 1. The van der Waals surface area contributed by atoms with E-state index in [1.807, 2.05) is 18.2 Å². The number of benzene rings is 2. The Bertz CT molecular complexity index is 1090. The van der Waals surface area contributed by atoms with Crippen molar-refractivity contribution in [1.29, 1.82) is 0 Å². The van der Waals surface area contributed by atoms with Gasteiger partial charge in [-0.3, -0.25) is 4.79 Å². The molecule has 6 nitrogen and oxygen atoms in total. The van der Waals surface area contributed by atoms with Crippen molar-refractivity contribution in [2.24, 2.45) is 0 Å². The Morgan fingerprint density at radius 2 is 1.79 bits per heavy atom. The average Bonchev–Trinajstić information content (AvgIpc) is 3.11. The van der Waals surface area contributed by atoms with Crippen LogP contribution >= 0.6 is 22.9 Å². The Hall–Kier alpha value is -3.29. The summed E-state index contributed by atoms with van der Waals surface area (Å²) in [7, 11) is 0. The largest absolute Gasteiger partial charge is 0.508 e. The van der Waals surface area contributed by atoms with Gasteiger partial charge in [0.25, 0.3) is 5.91 Å². The molecule has 1 amide bonds. The number of nitrogens with one attached hydrogen (secondary N) is 1. The molecule has 0 unspecified atom stereocenters. The first kappa shape index (κ1) is 19.5. The van der Waals surface area contributed by atoms with E-state index < -0.39 is 11.9 Å². The fourth-order valence-corrected chi connectivity index (χ4v) is 3.71. The molecule has 8 heteroatoms. The topological polar surface area (TPSA) is 107 Å². The molecule has 1 heterocycles. The van der Waals surface area contributed by atoms with Crippen LogP contribution in [0.15, 0.2) is 60.3 Å². The molecule has 0 aliphatic heterocycles. The molecule has 0 fully saturated rings. The van der Waals surface area contributed by atoms with Crippen LogP contribution in [0.2, 0.25) is 5.02 Å². The third-order valence-electron chi connectivity index (χ3n) is 3.76. The summed E-state index contributed by atoms with van der Waals surface area (Å²) >= 11 is 7.49. The van der Waals surface area contributed by atoms with E-state index in [1.165, 1.54) is 23.5 Å². The van der Waals surface area contributed by atoms with Gasteiger partial charge in [-0.15, -0.1) is 11.3 Å². The van der Waals surface area contributed by atoms with Crippen LogP contribution in [0, 0.1) is 0 Å². The number of carbonyl (C=O) groups excluding carboxylic acids is 1. The Kier molecular flexibility index (Phi) is 5.67. The summed E-state index contributed by atoms with van der Waals surface area (Å²) in [6.07, 6.45) is 1.31. The summed E-state index contributed by atoms with van der Waals surface area (Å²) in [6, 6.07) is 14.2. The van der Waals surface area contributed by atoms with Gasteiger partial charge in [0.15, 0.2) is 0 Å². The zero-order valence-electron chi connectivity index (χ0n) is 14.2. The highest BCUT2D eigenvalue weighted by molar-refractivity contribution is 7.16. The molecule has 3 rings (SSSR count). The van der Waals surface area contributed by atoms with E-state index in [0.29, 0.717) is 9.90 Å². The van der Waals surface area contributed by atoms with E-state index in [1.54, 1.807) is 18.2 Å². The van der Waals surface area contributed by atoms with Crippen molar-refractivity contribution in [3.8, 4) is 21.9 Å². The summed E-state index contributed by atoms with van der Waals surface area (Å²) in [4.78, 5) is 25.3. The lowest BCUT2D eigenvalue weighted by atomic mass is 10.1. The first-order valence-corrected chi connectivity index (χ1v) is 9.17. The number of rotatable bonds is 5. The molecule has 0 spiro atoms. The van der Waals surface area contributed by atoms with Gasteiger partial charge in [0.1, 0.15) is 17.2 Å². The number of phenols is 2. The maximum absolute atomic E-state index is 12.3. The van der Waals surface area contributed by atoms with Crippen molar-refractivity contribution in [3.05, 3.63) is 75.8 Å². The number of amides is 1. The Balaban J connectivity index is 1.88. The van der Waals surface area contributed by atoms with Gasteiger partial charge in [-0.2, -0.15) is 0 Å². The lowest BCUT2D eigenvalue weighted by Crippen LogP contribution is -2.27. The number of aromatic hydroxyl groups is 2. The fourth-order valence-electron chi connectivity index (χ4n) is 2.43. The second-order valence-corrected chi connectivity index (χ2v) is 7.22. The summed E-state index contributed by atoms with van der Waals surface area (Å²) in [5.74, 6) is -2.81. The standard InChI is InChI=1S/C20H14ClNO5S/c21-15-4-2-1-3-13(15)18-8-6-12(28-18)10-16(20(26)27)22-19(25)14-9-11(23)5-7-17(14)24/h1-10,23-24H,(H,22,25)(H,26,27)/b16-10-. The lowest BCUT2D eigenvalue weighted by molar-refractivity contribution is -0.132. The van der Waals surface area contributed by atoms with Gasteiger partial charge in [0.05, 0.1) is 5.56 Å². The predicted molar refractivity (Wildman–Crippen MR) is 108 cm³/mol. The maximum Gasteiger partial charge on any atom is 0.352 e. The molecule has 4 N–H and O–H groups in total. The average molecular weight is 416 g/mol. The Morgan fingerprint density at radius 1 is 1.04 bits per heavy atom. The fraction of sp³-hybridized carbons (Fsp3) is 0. The van der Waals surface area contributed by atoms with E-state index in [4.69, 9.17) is 11.6 Å². The molecule has 0 aliphatic carbocycles. The molecular weight excluding hydrogens is 402 g/mol. The molecule has 0 saturated carbocycles. The normalized spacial score (nSPS) is 11.2. The van der Waals surface area contributed by atoms with Crippen LogP contribution < -0.4 is 5.32 Å². The molecule has 1 aromatic heterocycles. The van der Waals surface area contributed by atoms with Crippen LogP contribution in [0.3, 0.4) is 0 Å². The first-order valence-electron chi connectivity index (χ1n) is 7.98. The second-order valence-electron chi connectivity index (χ2n) is 5.70. The van der Waals surface area contributed by atoms with Crippen molar-refractivity contribution in [2.75, 3.05) is 0 Å². The number of hydrogen-bond donors (Lipinski definition) is 4. The van der Waals surface area contributed by atoms with E-state index in [0.717, 1.165) is 22.6 Å². The monoisotopic (exact) mass is 415 g/mol. The minimum absolute atomic E-state index is 0.230. The first-order chi connectivity index (χ1) is 13.3. The summed E-state index contributed by atoms with van der Waals surface area (Å²) < 4.78 is 0. The van der Waals surface area contributed by atoms with Crippen molar-refractivity contribution >= 4 is 40.9 Å². The van der Waals surface area contributed by atoms with Crippen molar-refractivity contribution in [3.63, 3.8) is 0 Å². The van der Waals surface area contributed by atoms with Gasteiger partial charge >= 0.3 is 5.97 Å². The van der Waals surface area contributed by atoms with E-state index in [-0.39, 0.29) is 22.8 Å². The van der Waals surface area contributed by atoms with Crippen LogP contribution in [-0.2, 0) is 4.79 Å². The molecule has 28 heavy (non-hydrogen) atoms. The van der Waals surface area contributed by atoms with E-state index in [9.17, 15) is 24.9 Å². The van der Waals surface area contributed by atoms with Crippen molar-refractivity contribution in [1.82, 2.24) is 5.32 Å². The summed E-state index contributed by atoms with van der Waals surface area (Å²) in [5, 5.41) is 31.4. The minimum atomic E-state index is -1.35. The van der Waals surface area contributed by atoms with E-state index >= 15 is 0 Å². The molecule has 0 radical (unpaired) electrons. The minimum Gasteiger partial charge on any atom is -0.508 e. The molecule has 142 valence electrons. The van der Waals surface area contributed by atoms with Gasteiger partial charge in [0.2, 0.25) is 0 Å². The highest BCUT2D eigenvalue weighted by atomic mass is 35.5. The van der Waals surface area contributed by atoms with Crippen LogP contribution in [0.4, 0.5) is 0 Å². The lowest BCUT2D eigenvalue weighted by Gasteiger charge is -2.07. The second kappa shape index (κ2) is 8.16. The Morgan fingerprint density at radius 3 is 2.50 bits per heavy atom. The third-order valence-corrected chi connectivity index (χ3v) is 5.15. The maximum atomic E-state index is 12.3. The van der Waals surface area contributed by atoms with E-state index in [2.05, 4.69) is 5.32 Å². The zero-order chi connectivity index (χ0) is 20.3. The number of hydrogen-bond acceptors (Lipinski definition) is 5. The number of carboxylic acid groups (broad SMARTS) is 1. The van der Waals surface area contributed by atoms with Gasteiger partial charge in [-0.05, 0) is 42.5 Å². The molecule has 2 aromatic carbocycles. The quantitative estimate of drug-likeness (QED) is 0.366. The van der Waals surface area contributed by atoms with Crippen LogP contribution in [-0.4, -0.2) is 27.2 Å². The van der Waals surface area contributed by atoms with Crippen molar-refractivity contribution in [2.45, 2.75) is 0 Å². The zero-order valence-corrected chi connectivity index (χ0v) is 15.8. The van der Waals surface area contributed by atoms with Crippen molar-refractivity contribution < 1.29 is 24.9 Å². The van der Waals surface area contributed by atoms with Gasteiger partial charge in [-0.25, -0.2) is 4.79 Å². The van der Waals surface area contributed by atoms with Gasteiger partial charge < -0.3 is 20.6 Å². The van der Waals surface area contributed by atoms with Gasteiger partial charge in [-0.1, -0.05) is 29.8 Å². The number of aliphatic carboxylic acids is 1. The summed E-state index contributed by atoms with van der Waals surface area (Å²) in [5.41, 5.74) is 0.204. The molecule has 0 aliphatic rings. The molecule has 0 saturated heterocycles. The number of phenolic OH excluding ortho intramolecular Hbond substituents is 2. The van der Waals surface area contributed by atoms with Crippen LogP contribution in [0.1, 0.15) is 15.2 Å². The SMILES string of the molecule is O=C(O)/C(=C/c1ccc(-c2ccccc2Cl)s1)NC(=O)c1cc(O)ccc1O. The molecule has 0 bridgehead atoms. The molecular formula is C20H14ClNO5S. The van der Waals surface area contributed by atoms with Gasteiger partial charge in [0, 0.05) is 20.3 Å². The number of carbonyl (C=O) groups is 2. The van der Waals surface area contributed by atoms with Crippen LogP contribution in [0.25, 0.3) is 16.5 Å². The van der Waals surface area contributed by atoms with Crippen LogP contribution in [0.5, 0.6) is 11.5 Å². The smallest absolute Gasteiger partial charge is 0.352 e. The molecule has 0 atom stereocenters. The highest BCUT2D eigenvalue weighted by Gasteiger charge is 2.17. The number of halogens is 1. The summed E-state index contributed by atoms with van der Waals surface area (Å²) in [6.45, 7) is 0. The number of carboxylic acids is 1. The third kappa shape index (κ3) is 4.33. The predicted octanol–water partition coefficient (Wildman–Crippen LogP) is 4.34. The highest BCUT2D eigenvalue weighted by Crippen LogP contribution is 2.34. The molecule has 3 aromatic rings.